The highest BCUT2D eigenvalue weighted by Crippen LogP contribution is 2.10. The molecule has 2 rings (SSSR count). The van der Waals surface area contributed by atoms with E-state index < -0.39 is 0 Å². The van der Waals surface area contributed by atoms with Gasteiger partial charge in [0, 0.05) is 32.9 Å². The van der Waals surface area contributed by atoms with E-state index in [2.05, 4.69) is 15.6 Å². The van der Waals surface area contributed by atoms with Crippen molar-refractivity contribution < 1.29 is 4.79 Å². The molecule has 1 amide bonds. The van der Waals surface area contributed by atoms with Crippen LogP contribution < -0.4 is 10.6 Å². The molecular weight excluding hydrogens is 240 g/mol. The van der Waals surface area contributed by atoms with Crippen molar-refractivity contribution in [3.63, 3.8) is 0 Å². The van der Waals surface area contributed by atoms with Gasteiger partial charge in [0.2, 0.25) is 0 Å². The molecule has 1 saturated heterocycles. The predicted octanol–water partition coefficient (Wildman–Crippen LogP) is 1.34. The number of anilines is 1. The number of amides is 1. The summed E-state index contributed by atoms with van der Waals surface area (Å²) in [7, 11) is 3.48. The largest absolute Gasteiger partial charge is 0.370 e. The Hall–Kier alpha value is -1.62. The van der Waals surface area contributed by atoms with Gasteiger partial charge in [0.1, 0.15) is 5.82 Å². The Labute approximate surface area is 114 Å². The predicted molar refractivity (Wildman–Crippen MR) is 76.4 cm³/mol. The van der Waals surface area contributed by atoms with Gasteiger partial charge in [-0.25, -0.2) is 4.98 Å². The zero-order valence-electron chi connectivity index (χ0n) is 11.6. The van der Waals surface area contributed by atoms with E-state index in [4.69, 9.17) is 0 Å². The van der Waals surface area contributed by atoms with E-state index in [0.717, 1.165) is 25.3 Å². The van der Waals surface area contributed by atoms with Crippen LogP contribution in [0.2, 0.25) is 0 Å². The fourth-order valence-corrected chi connectivity index (χ4v) is 2.26. The zero-order valence-corrected chi connectivity index (χ0v) is 11.6. The van der Waals surface area contributed by atoms with Crippen LogP contribution in [0.5, 0.6) is 0 Å². The highest BCUT2D eigenvalue weighted by Gasteiger charge is 2.13. The fourth-order valence-electron chi connectivity index (χ4n) is 2.26. The Morgan fingerprint density at radius 2 is 2.37 bits per heavy atom. The average molecular weight is 262 g/mol. The molecule has 0 radical (unpaired) electrons. The summed E-state index contributed by atoms with van der Waals surface area (Å²) in [5.74, 6) is 0.808. The van der Waals surface area contributed by atoms with Crippen molar-refractivity contribution in [3.05, 3.63) is 23.9 Å². The summed E-state index contributed by atoms with van der Waals surface area (Å²) in [5, 5.41) is 6.76. The topological polar surface area (TPSA) is 57.3 Å². The Morgan fingerprint density at radius 1 is 1.53 bits per heavy atom. The van der Waals surface area contributed by atoms with Crippen molar-refractivity contribution in [1.82, 2.24) is 15.2 Å². The second-order valence-corrected chi connectivity index (χ2v) is 5.14. The third-order valence-corrected chi connectivity index (χ3v) is 3.38. The third kappa shape index (κ3) is 3.92. The molecular formula is C14H22N4O. The number of nitrogens with one attached hydrogen (secondary N) is 2. The maximum Gasteiger partial charge on any atom is 0.254 e. The molecule has 1 aromatic heterocycles. The maximum absolute atomic E-state index is 11.7. The van der Waals surface area contributed by atoms with Crippen molar-refractivity contribution in [2.24, 2.45) is 0 Å². The number of hydrogen-bond donors (Lipinski definition) is 2. The first-order valence-corrected chi connectivity index (χ1v) is 6.82. The first-order valence-electron chi connectivity index (χ1n) is 6.82. The van der Waals surface area contributed by atoms with E-state index in [1.165, 1.54) is 12.8 Å². The van der Waals surface area contributed by atoms with E-state index in [0.29, 0.717) is 11.6 Å². The van der Waals surface area contributed by atoms with Crippen molar-refractivity contribution in [1.29, 1.82) is 0 Å². The zero-order chi connectivity index (χ0) is 13.7. The number of aromatic nitrogens is 1. The van der Waals surface area contributed by atoms with Gasteiger partial charge in [0.25, 0.3) is 5.91 Å². The van der Waals surface area contributed by atoms with E-state index in [1.54, 1.807) is 25.2 Å². The summed E-state index contributed by atoms with van der Waals surface area (Å²) in [6.45, 7) is 2.05. The summed E-state index contributed by atoms with van der Waals surface area (Å²) in [5.41, 5.74) is 0.619. The monoisotopic (exact) mass is 262 g/mol. The third-order valence-electron chi connectivity index (χ3n) is 3.38. The summed E-state index contributed by atoms with van der Waals surface area (Å²) < 4.78 is 0. The van der Waals surface area contributed by atoms with Crippen molar-refractivity contribution >= 4 is 11.7 Å². The van der Waals surface area contributed by atoms with Crippen LogP contribution >= 0.6 is 0 Å². The van der Waals surface area contributed by atoms with Gasteiger partial charge in [-0.15, -0.1) is 0 Å². The lowest BCUT2D eigenvalue weighted by Gasteiger charge is -2.12. The van der Waals surface area contributed by atoms with Crippen LogP contribution in [0.3, 0.4) is 0 Å². The second kappa shape index (κ2) is 6.52. The Kier molecular flexibility index (Phi) is 4.74. The first-order chi connectivity index (χ1) is 9.16. The van der Waals surface area contributed by atoms with Crippen molar-refractivity contribution in [2.45, 2.75) is 25.3 Å². The Bertz CT molecular complexity index is 410. The fraction of sp³-hybridized carbons (Fsp3) is 0.571. The quantitative estimate of drug-likeness (QED) is 0.840. The minimum Gasteiger partial charge on any atom is -0.370 e. The van der Waals surface area contributed by atoms with Crippen LogP contribution in [0.15, 0.2) is 18.3 Å². The molecule has 104 valence electrons. The second-order valence-electron chi connectivity index (χ2n) is 5.14. The van der Waals surface area contributed by atoms with Crippen LogP contribution in [-0.4, -0.2) is 49.0 Å². The maximum atomic E-state index is 11.7. The summed E-state index contributed by atoms with van der Waals surface area (Å²) in [6, 6.07) is 4.31. The van der Waals surface area contributed by atoms with Crippen molar-refractivity contribution in [2.75, 3.05) is 32.5 Å². The van der Waals surface area contributed by atoms with Gasteiger partial charge in [0.05, 0.1) is 5.56 Å². The molecule has 0 saturated carbocycles. The van der Waals surface area contributed by atoms with E-state index in [9.17, 15) is 4.79 Å². The number of rotatable bonds is 5. The average Bonchev–Trinajstić information content (AvgIpc) is 2.92. The summed E-state index contributed by atoms with van der Waals surface area (Å²) in [6.07, 6.45) is 5.29. The number of pyridine rings is 1. The highest BCUT2D eigenvalue weighted by atomic mass is 16.2. The lowest BCUT2D eigenvalue weighted by molar-refractivity contribution is 0.0827. The molecule has 5 nitrogen and oxygen atoms in total. The normalized spacial score (nSPS) is 18.3. The van der Waals surface area contributed by atoms with Gasteiger partial charge in [0.15, 0.2) is 0 Å². The Morgan fingerprint density at radius 3 is 2.95 bits per heavy atom. The molecule has 0 aliphatic carbocycles. The van der Waals surface area contributed by atoms with Crippen LogP contribution in [-0.2, 0) is 0 Å². The van der Waals surface area contributed by atoms with Crippen LogP contribution in [0, 0.1) is 0 Å². The number of carbonyl (C=O) groups is 1. The number of carbonyl (C=O) groups excluding carboxylic acids is 1. The standard InChI is InChI=1S/C14H22N4O/c1-18(2)14(19)11-5-6-13(17-10-11)16-9-7-12-4-3-8-15-12/h5-6,10,12,15H,3-4,7-9H2,1-2H3,(H,16,17). The highest BCUT2D eigenvalue weighted by molar-refractivity contribution is 5.93. The molecule has 1 unspecified atom stereocenters. The molecule has 2 heterocycles. The SMILES string of the molecule is CN(C)C(=O)c1ccc(NCCC2CCCN2)nc1. The van der Waals surface area contributed by atoms with E-state index in [1.807, 2.05) is 12.1 Å². The van der Waals surface area contributed by atoms with Gasteiger partial charge < -0.3 is 15.5 Å². The molecule has 1 aromatic rings. The minimum absolute atomic E-state index is 0.0193. The van der Waals surface area contributed by atoms with Gasteiger partial charge in [-0.2, -0.15) is 0 Å². The van der Waals surface area contributed by atoms with Gasteiger partial charge >= 0.3 is 0 Å². The number of hydrogen-bond acceptors (Lipinski definition) is 4. The molecule has 5 heteroatoms. The lowest BCUT2D eigenvalue weighted by atomic mass is 10.1. The molecule has 1 atom stereocenters. The molecule has 0 spiro atoms. The van der Waals surface area contributed by atoms with Crippen LogP contribution in [0.4, 0.5) is 5.82 Å². The molecule has 0 bridgehead atoms. The summed E-state index contributed by atoms with van der Waals surface area (Å²) >= 11 is 0. The van der Waals surface area contributed by atoms with E-state index in [-0.39, 0.29) is 5.91 Å². The molecule has 1 fully saturated rings. The lowest BCUT2D eigenvalue weighted by Crippen LogP contribution is -2.24. The van der Waals surface area contributed by atoms with Gasteiger partial charge in [-0.05, 0) is 37.9 Å². The van der Waals surface area contributed by atoms with Gasteiger partial charge in [-0.1, -0.05) is 0 Å². The smallest absolute Gasteiger partial charge is 0.254 e. The Balaban J connectivity index is 1.79. The summed E-state index contributed by atoms with van der Waals surface area (Å²) in [4.78, 5) is 17.5. The number of nitrogens with zero attached hydrogens (tertiary/aromatic N) is 2. The van der Waals surface area contributed by atoms with Gasteiger partial charge in [-0.3, -0.25) is 4.79 Å². The van der Waals surface area contributed by atoms with E-state index >= 15 is 0 Å². The van der Waals surface area contributed by atoms with Crippen LogP contribution in [0.25, 0.3) is 0 Å². The molecule has 2 N–H and O–H groups in total. The minimum atomic E-state index is -0.0193. The molecule has 19 heavy (non-hydrogen) atoms. The van der Waals surface area contributed by atoms with Crippen LogP contribution in [0.1, 0.15) is 29.6 Å². The molecule has 0 aromatic carbocycles. The molecule has 1 aliphatic rings. The van der Waals surface area contributed by atoms with Crippen molar-refractivity contribution in [3.8, 4) is 0 Å². The first kappa shape index (κ1) is 13.8. The molecule has 1 aliphatic heterocycles.